The number of carbonyl (C=O) groups excluding carboxylic acids is 1. The van der Waals surface area contributed by atoms with Crippen LogP contribution in [-0.2, 0) is 9.53 Å². The Balaban J connectivity index is 1.64. The molecular weight excluding hydrogens is 602 g/mol. The molecule has 2 aromatic heterocycles. The van der Waals surface area contributed by atoms with Gasteiger partial charge in [-0.1, -0.05) is 17.4 Å². The molecule has 0 saturated carbocycles. The van der Waals surface area contributed by atoms with Gasteiger partial charge in [-0.3, -0.25) is 19.5 Å². The predicted molar refractivity (Wildman–Crippen MR) is 167 cm³/mol. The van der Waals surface area contributed by atoms with Gasteiger partial charge >= 0.3 is 5.97 Å². The lowest BCUT2D eigenvalue weighted by Crippen LogP contribution is -2.40. The number of methoxy groups -OCH3 is 2. The fourth-order valence-electron chi connectivity index (χ4n) is 5.01. The smallest absolute Gasteiger partial charge is 0.338 e. The summed E-state index contributed by atoms with van der Waals surface area (Å²) < 4.78 is 29.6. The number of carbonyl (C=O) groups is 1. The Kier molecular flexibility index (Phi) is 8.91. The predicted octanol–water partition coefficient (Wildman–Crippen LogP) is 4.77. The van der Waals surface area contributed by atoms with Crippen molar-refractivity contribution in [2.24, 2.45) is 4.99 Å². The van der Waals surface area contributed by atoms with Crippen LogP contribution in [0.15, 0.2) is 74.0 Å². The van der Waals surface area contributed by atoms with Crippen LogP contribution < -0.4 is 29.1 Å². The maximum absolute atomic E-state index is 14.0. The monoisotopic (exact) mass is 633 g/mol. The van der Waals surface area contributed by atoms with Crippen molar-refractivity contribution in [3.05, 3.63) is 101 Å². The van der Waals surface area contributed by atoms with Crippen molar-refractivity contribution in [2.45, 2.75) is 39.8 Å². The highest BCUT2D eigenvalue weighted by atomic mass is 32.1. The Morgan fingerprint density at radius 2 is 1.91 bits per heavy atom. The first-order chi connectivity index (χ1) is 21.6. The molecule has 0 N–H and O–H groups in total. The van der Waals surface area contributed by atoms with Crippen molar-refractivity contribution in [1.82, 2.24) is 4.57 Å². The van der Waals surface area contributed by atoms with Crippen LogP contribution in [0.2, 0.25) is 0 Å². The third-order valence-corrected chi connectivity index (χ3v) is 7.93. The van der Waals surface area contributed by atoms with Crippen molar-refractivity contribution in [3.8, 4) is 28.6 Å². The second kappa shape index (κ2) is 12.8. The number of fused-ring (bicyclic) bond motifs is 1. The van der Waals surface area contributed by atoms with E-state index in [1.807, 2.05) is 13.8 Å². The van der Waals surface area contributed by atoms with Crippen molar-refractivity contribution in [2.75, 3.05) is 20.8 Å². The van der Waals surface area contributed by atoms with E-state index in [0.29, 0.717) is 39.1 Å². The summed E-state index contributed by atoms with van der Waals surface area (Å²) in [5, 5.41) is 11.7. The van der Waals surface area contributed by atoms with Gasteiger partial charge in [0.05, 0.1) is 65.3 Å². The van der Waals surface area contributed by atoms with Gasteiger partial charge in [0.2, 0.25) is 0 Å². The lowest BCUT2D eigenvalue weighted by Gasteiger charge is -2.25. The van der Waals surface area contributed by atoms with Crippen LogP contribution in [0.5, 0.6) is 17.2 Å². The van der Waals surface area contributed by atoms with Gasteiger partial charge in [0.1, 0.15) is 17.3 Å². The number of benzene rings is 2. The summed E-state index contributed by atoms with van der Waals surface area (Å²) in [4.78, 5) is 43.4. The van der Waals surface area contributed by atoms with Crippen LogP contribution in [0.3, 0.4) is 0 Å². The molecule has 13 heteroatoms. The number of ether oxygens (including phenoxy) is 4. The molecule has 1 aliphatic rings. The maximum atomic E-state index is 14.0. The summed E-state index contributed by atoms with van der Waals surface area (Å²) in [5.41, 5.74) is 0.905. The van der Waals surface area contributed by atoms with E-state index in [9.17, 15) is 19.7 Å². The number of esters is 1. The van der Waals surface area contributed by atoms with Gasteiger partial charge in [-0.2, -0.15) is 0 Å². The molecule has 12 nitrogen and oxygen atoms in total. The number of furan rings is 1. The second-order valence-corrected chi connectivity index (χ2v) is 11.2. The largest absolute Gasteiger partial charge is 0.497 e. The molecule has 2 aromatic carbocycles. The molecule has 0 unspecified atom stereocenters. The molecule has 0 aliphatic carbocycles. The minimum Gasteiger partial charge on any atom is -0.497 e. The second-order valence-electron chi connectivity index (χ2n) is 10.2. The molecule has 0 spiro atoms. The van der Waals surface area contributed by atoms with Crippen molar-refractivity contribution in [3.63, 3.8) is 0 Å². The van der Waals surface area contributed by atoms with Crippen LogP contribution in [-0.4, -0.2) is 42.4 Å². The molecule has 5 rings (SSSR count). The highest BCUT2D eigenvalue weighted by molar-refractivity contribution is 7.07. The molecule has 234 valence electrons. The number of hydrogen-bond acceptors (Lipinski definition) is 11. The average Bonchev–Trinajstić information content (AvgIpc) is 3.60. The minimum absolute atomic E-state index is 0.0994. The van der Waals surface area contributed by atoms with Crippen LogP contribution >= 0.6 is 11.3 Å². The highest BCUT2D eigenvalue weighted by Crippen LogP contribution is 2.37. The molecule has 1 aliphatic heterocycles. The summed E-state index contributed by atoms with van der Waals surface area (Å²) in [6, 6.07) is 12.1. The van der Waals surface area contributed by atoms with Gasteiger partial charge in [0, 0.05) is 6.08 Å². The lowest BCUT2D eigenvalue weighted by molar-refractivity contribution is -0.384. The minimum atomic E-state index is -0.862. The Bertz CT molecular complexity index is 2000. The third kappa shape index (κ3) is 6.11. The molecule has 0 amide bonds. The van der Waals surface area contributed by atoms with Crippen molar-refractivity contribution in [1.29, 1.82) is 0 Å². The van der Waals surface area contributed by atoms with Gasteiger partial charge < -0.3 is 23.4 Å². The first-order valence-electron chi connectivity index (χ1n) is 14.0. The molecule has 0 bridgehead atoms. The summed E-state index contributed by atoms with van der Waals surface area (Å²) in [6.45, 7) is 7.35. The SMILES string of the molecule is CCOC(=O)C1=C(C)N=c2s/c(=C/c3ccc(-c4ccc(OC)cc4[N+](=O)[O-])o3)c(=O)n2[C@@H]1c1ccc(OC(C)C)c(OC)c1. The van der Waals surface area contributed by atoms with Gasteiger partial charge in [-0.25, -0.2) is 9.79 Å². The summed E-state index contributed by atoms with van der Waals surface area (Å²) >= 11 is 1.13. The summed E-state index contributed by atoms with van der Waals surface area (Å²) in [5.74, 6) is 1.26. The van der Waals surface area contributed by atoms with Gasteiger partial charge in [-0.15, -0.1) is 0 Å². The number of allylic oxidation sites excluding steroid dienone is 1. The van der Waals surface area contributed by atoms with Crippen LogP contribution in [0, 0.1) is 10.1 Å². The van der Waals surface area contributed by atoms with E-state index >= 15 is 0 Å². The molecule has 0 radical (unpaired) electrons. The topological polar surface area (TPSA) is 145 Å². The number of aromatic nitrogens is 1. The van der Waals surface area contributed by atoms with E-state index < -0.39 is 22.5 Å². The van der Waals surface area contributed by atoms with Gasteiger partial charge in [0.15, 0.2) is 16.3 Å². The number of thiazole rings is 1. The van der Waals surface area contributed by atoms with Gasteiger partial charge in [0.25, 0.3) is 11.2 Å². The summed E-state index contributed by atoms with van der Waals surface area (Å²) in [7, 11) is 2.94. The zero-order chi connectivity index (χ0) is 32.4. The molecule has 4 aromatic rings. The number of rotatable bonds is 10. The van der Waals surface area contributed by atoms with E-state index in [1.54, 1.807) is 62.4 Å². The van der Waals surface area contributed by atoms with E-state index in [0.717, 1.165) is 11.3 Å². The zero-order valence-corrected chi connectivity index (χ0v) is 26.3. The standard InChI is InChI=1S/C32H31N3O9S/c1-7-42-31(37)28-18(4)33-32-34(29(28)19-8-12-25(43-17(2)3)26(14-19)41-6)30(36)27(45-32)16-21-10-13-24(44-21)22-11-9-20(40-5)15-23(22)35(38)39/h8-17,29H,7H2,1-6H3/b27-16+/t29-/m1/s1. The normalized spacial score (nSPS) is 14.6. The Morgan fingerprint density at radius 3 is 2.58 bits per heavy atom. The van der Waals surface area contributed by atoms with Crippen LogP contribution in [0.1, 0.15) is 45.1 Å². The zero-order valence-electron chi connectivity index (χ0n) is 25.5. The maximum Gasteiger partial charge on any atom is 0.338 e. The first-order valence-corrected chi connectivity index (χ1v) is 14.8. The quantitative estimate of drug-likeness (QED) is 0.137. The molecule has 0 fully saturated rings. The molecular formula is C32H31N3O9S. The lowest BCUT2D eigenvalue weighted by atomic mass is 9.95. The average molecular weight is 634 g/mol. The number of nitro groups is 1. The molecule has 45 heavy (non-hydrogen) atoms. The number of hydrogen-bond donors (Lipinski definition) is 0. The molecule has 0 saturated heterocycles. The van der Waals surface area contributed by atoms with E-state index in [-0.39, 0.29) is 39.8 Å². The first kappa shape index (κ1) is 31.3. The van der Waals surface area contributed by atoms with E-state index in [1.165, 1.54) is 24.9 Å². The van der Waals surface area contributed by atoms with Gasteiger partial charge in [-0.05, 0) is 69.7 Å². The van der Waals surface area contributed by atoms with Crippen molar-refractivity contribution < 1.29 is 33.1 Å². The number of nitro benzene ring substituents is 1. The van der Waals surface area contributed by atoms with Crippen molar-refractivity contribution >= 4 is 29.1 Å². The Labute approximate surface area is 261 Å². The summed E-state index contributed by atoms with van der Waals surface area (Å²) in [6.07, 6.45) is 1.45. The fourth-order valence-corrected chi connectivity index (χ4v) is 6.04. The van der Waals surface area contributed by atoms with Crippen LogP contribution in [0.25, 0.3) is 17.4 Å². The molecule has 3 heterocycles. The third-order valence-electron chi connectivity index (χ3n) is 6.95. The molecule has 1 atom stereocenters. The Morgan fingerprint density at radius 1 is 1.13 bits per heavy atom. The number of nitrogens with zero attached hydrogens (tertiary/aromatic N) is 3. The highest BCUT2D eigenvalue weighted by Gasteiger charge is 2.34. The van der Waals surface area contributed by atoms with E-state index in [2.05, 4.69) is 4.99 Å². The van der Waals surface area contributed by atoms with Crippen LogP contribution in [0.4, 0.5) is 5.69 Å². The fraction of sp³-hybridized carbons (Fsp3) is 0.281. The van der Waals surface area contributed by atoms with E-state index in [4.69, 9.17) is 23.4 Å². The Hall–Kier alpha value is -5.17.